The smallest absolute Gasteiger partial charge is 0.338 e. The number of benzene rings is 2. The quantitative estimate of drug-likeness (QED) is 0.0735. The van der Waals surface area contributed by atoms with Crippen LogP contribution < -0.4 is 0 Å². The maximum absolute atomic E-state index is 12.8. The Morgan fingerprint density at radius 2 is 1.19 bits per heavy atom. The summed E-state index contributed by atoms with van der Waals surface area (Å²) in [6.45, 7) is 7.90. The average Bonchev–Trinajstić information content (AvgIpc) is 3.05. The highest BCUT2D eigenvalue weighted by molar-refractivity contribution is 7.85. The third-order valence-electron chi connectivity index (χ3n) is 7.58. The molecule has 2 aromatic rings. The first-order chi connectivity index (χ1) is 22.2. The molecule has 0 aliphatic heterocycles. The van der Waals surface area contributed by atoms with Crippen LogP contribution in [0.25, 0.3) is 0 Å². The van der Waals surface area contributed by atoms with Gasteiger partial charge in [0.1, 0.15) is 23.3 Å². The lowest BCUT2D eigenvalue weighted by molar-refractivity contribution is 0.0151. The normalized spacial score (nSPS) is 16.6. The Morgan fingerprint density at radius 1 is 0.702 bits per heavy atom. The van der Waals surface area contributed by atoms with E-state index in [0.29, 0.717) is 18.1 Å². The van der Waals surface area contributed by atoms with E-state index in [1.54, 1.807) is 26.0 Å². The maximum atomic E-state index is 12.8. The van der Waals surface area contributed by atoms with Crippen LogP contribution in [0.15, 0.2) is 47.4 Å². The van der Waals surface area contributed by atoms with E-state index < -0.39 is 32.9 Å². The molecule has 2 aromatic carbocycles. The second-order valence-electron chi connectivity index (χ2n) is 12.1. The molecule has 0 bridgehead atoms. The van der Waals surface area contributed by atoms with Crippen LogP contribution in [0.1, 0.15) is 94.8 Å². The van der Waals surface area contributed by atoms with E-state index in [1.165, 1.54) is 12.1 Å². The molecule has 1 saturated carbocycles. The SMILES string of the molecule is CC(C)OCC1CCC(COC(=O)c2cc(C(=O)OCCOCCOC(=O)c3cccc(C(=O)C(C)C)c3)cc(S(=O)(=O)[O-])c2)CC1. The number of Topliss-reactive ketones (excluding diaryl/α,β-unsaturated/α-hetero) is 1. The second kappa shape index (κ2) is 18.0. The molecule has 1 aliphatic rings. The van der Waals surface area contributed by atoms with E-state index in [4.69, 9.17) is 23.7 Å². The minimum Gasteiger partial charge on any atom is -0.744 e. The molecule has 0 atom stereocenters. The zero-order chi connectivity index (χ0) is 34.6. The maximum Gasteiger partial charge on any atom is 0.338 e. The average molecular weight is 676 g/mol. The van der Waals surface area contributed by atoms with Crippen molar-refractivity contribution in [3.63, 3.8) is 0 Å². The summed E-state index contributed by atoms with van der Waals surface area (Å²) in [6, 6.07) is 9.07. The molecule has 13 heteroatoms. The number of carbonyl (C=O) groups excluding carboxylic acids is 4. The van der Waals surface area contributed by atoms with Gasteiger partial charge in [-0.3, -0.25) is 4.79 Å². The molecule has 0 saturated heterocycles. The van der Waals surface area contributed by atoms with Crippen molar-refractivity contribution < 1.29 is 55.8 Å². The molecule has 0 unspecified atom stereocenters. The minimum absolute atomic E-state index is 0.0127. The monoisotopic (exact) mass is 675 g/mol. The molecule has 0 spiro atoms. The van der Waals surface area contributed by atoms with Crippen LogP contribution in [0.5, 0.6) is 0 Å². The Kier molecular flexibility index (Phi) is 14.5. The minimum atomic E-state index is -5.00. The fourth-order valence-corrected chi connectivity index (χ4v) is 5.48. The van der Waals surface area contributed by atoms with E-state index >= 15 is 0 Å². The number of ether oxygens (including phenoxy) is 5. The number of hydrogen-bond donors (Lipinski definition) is 0. The molecule has 12 nitrogen and oxygen atoms in total. The highest BCUT2D eigenvalue weighted by Crippen LogP contribution is 2.30. The molecular weight excluding hydrogens is 632 g/mol. The Hall–Kier alpha value is -3.65. The van der Waals surface area contributed by atoms with Gasteiger partial charge in [-0.1, -0.05) is 26.0 Å². The van der Waals surface area contributed by atoms with Gasteiger partial charge in [-0.05, 0) is 81.7 Å². The van der Waals surface area contributed by atoms with Gasteiger partial charge in [0.05, 0.1) is 47.5 Å². The Labute approximate surface area is 275 Å². The third-order valence-corrected chi connectivity index (χ3v) is 8.39. The van der Waals surface area contributed by atoms with Crippen LogP contribution in [0.4, 0.5) is 0 Å². The van der Waals surface area contributed by atoms with Gasteiger partial charge in [-0.25, -0.2) is 22.8 Å². The molecule has 0 N–H and O–H groups in total. The van der Waals surface area contributed by atoms with E-state index in [9.17, 15) is 32.1 Å². The number of rotatable bonds is 17. The van der Waals surface area contributed by atoms with Crippen molar-refractivity contribution in [1.82, 2.24) is 0 Å². The van der Waals surface area contributed by atoms with Crippen molar-refractivity contribution in [2.24, 2.45) is 17.8 Å². The van der Waals surface area contributed by atoms with Gasteiger partial charge in [-0.2, -0.15) is 0 Å². The summed E-state index contributed by atoms with van der Waals surface area (Å²) >= 11 is 0. The van der Waals surface area contributed by atoms with Crippen molar-refractivity contribution in [1.29, 1.82) is 0 Å². The molecule has 1 fully saturated rings. The topological polar surface area (TPSA) is 172 Å². The molecular formula is C34H43O12S-. The predicted molar refractivity (Wildman–Crippen MR) is 168 cm³/mol. The molecule has 0 amide bonds. The fourth-order valence-electron chi connectivity index (χ4n) is 4.94. The summed E-state index contributed by atoms with van der Waals surface area (Å²) in [6.07, 6.45) is 3.76. The zero-order valence-electron chi connectivity index (χ0n) is 27.2. The molecule has 258 valence electrons. The number of esters is 3. The highest BCUT2D eigenvalue weighted by Gasteiger charge is 2.24. The lowest BCUT2D eigenvalue weighted by Gasteiger charge is -2.28. The first-order valence-electron chi connectivity index (χ1n) is 15.7. The summed E-state index contributed by atoms with van der Waals surface area (Å²) in [7, 11) is -5.00. The number of hydrogen-bond acceptors (Lipinski definition) is 12. The Balaban J connectivity index is 1.45. The van der Waals surface area contributed by atoms with Crippen molar-refractivity contribution in [2.45, 2.75) is 64.4 Å². The third kappa shape index (κ3) is 12.5. The molecule has 1 aliphatic carbocycles. The van der Waals surface area contributed by atoms with E-state index in [-0.39, 0.29) is 73.4 Å². The molecule has 0 radical (unpaired) electrons. The van der Waals surface area contributed by atoms with E-state index in [2.05, 4.69) is 0 Å². The van der Waals surface area contributed by atoms with Crippen molar-refractivity contribution in [2.75, 3.05) is 39.6 Å². The Bertz CT molecular complexity index is 1490. The van der Waals surface area contributed by atoms with Crippen LogP contribution in [0.2, 0.25) is 0 Å². The van der Waals surface area contributed by atoms with Crippen LogP contribution in [-0.4, -0.2) is 82.4 Å². The zero-order valence-corrected chi connectivity index (χ0v) is 28.0. The van der Waals surface area contributed by atoms with Crippen LogP contribution >= 0.6 is 0 Å². The van der Waals surface area contributed by atoms with Crippen molar-refractivity contribution in [3.8, 4) is 0 Å². The molecule has 0 aromatic heterocycles. The van der Waals surface area contributed by atoms with Gasteiger partial charge in [0, 0.05) is 18.1 Å². The highest BCUT2D eigenvalue weighted by atomic mass is 32.2. The lowest BCUT2D eigenvalue weighted by atomic mass is 9.83. The van der Waals surface area contributed by atoms with Gasteiger partial charge < -0.3 is 28.2 Å². The predicted octanol–water partition coefficient (Wildman–Crippen LogP) is 4.85. The van der Waals surface area contributed by atoms with Gasteiger partial charge in [0.2, 0.25) is 0 Å². The molecule has 47 heavy (non-hydrogen) atoms. The van der Waals surface area contributed by atoms with Gasteiger partial charge >= 0.3 is 17.9 Å². The van der Waals surface area contributed by atoms with E-state index in [1.807, 2.05) is 13.8 Å². The largest absolute Gasteiger partial charge is 0.744 e. The summed E-state index contributed by atoms with van der Waals surface area (Å²) in [5.74, 6) is -2.17. The molecule has 0 heterocycles. The summed E-state index contributed by atoms with van der Waals surface area (Å²) < 4.78 is 62.0. The summed E-state index contributed by atoms with van der Waals surface area (Å²) in [4.78, 5) is 49.2. The second-order valence-corrected chi connectivity index (χ2v) is 13.4. The van der Waals surface area contributed by atoms with Crippen LogP contribution in [0.3, 0.4) is 0 Å². The standard InChI is InChI=1S/C34H44O12S/c1-22(2)31(35)26-6-5-7-27(16-26)32(36)43-14-12-42-13-15-44-33(37)28-17-29(19-30(18-28)47(39,40)41)34(38)46-21-25-10-8-24(9-11-25)20-45-23(3)4/h5-7,16-19,22-25H,8-15,20-21H2,1-4H3,(H,39,40,41)/p-1. The lowest BCUT2D eigenvalue weighted by Crippen LogP contribution is -2.24. The Morgan fingerprint density at radius 3 is 1.72 bits per heavy atom. The van der Waals surface area contributed by atoms with Crippen molar-refractivity contribution in [3.05, 3.63) is 64.7 Å². The van der Waals surface area contributed by atoms with Gasteiger partial charge in [0.15, 0.2) is 5.78 Å². The first-order valence-corrected chi connectivity index (χ1v) is 17.1. The first kappa shape index (κ1) is 37.8. The molecule has 3 rings (SSSR count). The number of carbonyl (C=O) groups is 4. The van der Waals surface area contributed by atoms with Crippen LogP contribution in [0, 0.1) is 17.8 Å². The fraction of sp³-hybridized carbons (Fsp3) is 0.529. The van der Waals surface area contributed by atoms with Gasteiger partial charge in [0.25, 0.3) is 0 Å². The summed E-state index contributed by atoms with van der Waals surface area (Å²) in [5, 5.41) is 0. The van der Waals surface area contributed by atoms with Gasteiger partial charge in [-0.15, -0.1) is 0 Å². The van der Waals surface area contributed by atoms with Crippen molar-refractivity contribution >= 4 is 33.8 Å². The number of ketones is 1. The van der Waals surface area contributed by atoms with E-state index in [0.717, 1.165) is 43.9 Å². The summed E-state index contributed by atoms with van der Waals surface area (Å²) in [5.41, 5.74) is 0.0686. The van der Waals surface area contributed by atoms with Crippen LogP contribution in [-0.2, 0) is 33.8 Å².